The van der Waals surface area contributed by atoms with Crippen molar-refractivity contribution in [3.8, 4) is 0 Å². The van der Waals surface area contributed by atoms with Crippen LogP contribution in [0.3, 0.4) is 0 Å². The zero-order chi connectivity index (χ0) is 12.1. The normalized spacial score (nSPS) is 10.6. The number of hydrogen-bond donors (Lipinski definition) is 1. The highest BCUT2D eigenvalue weighted by atomic mass is 19.3. The lowest BCUT2D eigenvalue weighted by molar-refractivity contribution is -0.139. The number of rotatable bonds is 4. The van der Waals surface area contributed by atoms with E-state index >= 15 is 0 Å². The Kier molecular flexibility index (Phi) is 4.30. The molecule has 88 valence electrons. The lowest BCUT2D eigenvalue weighted by Crippen LogP contribution is -2.09. The number of alkyl halides is 2. The molecule has 16 heavy (non-hydrogen) atoms. The molecule has 0 aliphatic rings. The van der Waals surface area contributed by atoms with E-state index < -0.39 is 12.4 Å². The van der Waals surface area contributed by atoms with Gasteiger partial charge < -0.3 is 10.5 Å². The van der Waals surface area contributed by atoms with Crippen LogP contribution in [0.1, 0.15) is 23.2 Å². The van der Waals surface area contributed by atoms with Crippen LogP contribution in [-0.4, -0.2) is 18.1 Å². The maximum atomic E-state index is 12.7. The smallest absolute Gasteiger partial charge is 0.310 e. The molecule has 0 radical (unpaired) electrons. The maximum absolute atomic E-state index is 12.7. The first-order chi connectivity index (χ1) is 7.58. The van der Waals surface area contributed by atoms with Crippen LogP contribution in [0.15, 0.2) is 12.3 Å². The van der Waals surface area contributed by atoms with Crippen molar-refractivity contribution < 1.29 is 18.3 Å². The lowest BCUT2D eigenvalue weighted by Gasteiger charge is -2.08. The molecule has 0 spiro atoms. The highest BCUT2D eigenvalue weighted by molar-refractivity contribution is 5.72. The molecular weight excluding hydrogens is 218 g/mol. The SMILES string of the molecule is COC(=O)Cc1cnc(CN)cc1C(F)F. The fourth-order valence-corrected chi connectivity index (χ4v) is 1.23. The summed E-state index contributed by atoms with van der Waals surface area (Å²) >= 11 is 0. The minimum absolute atomic E-state index is 0.0816. The van der Waals surface area contributed by atoms with Gasteiger partial charge in [-0.2, -0.15) is 0 Å². The standard InChI is InChI=1S/C10H12F2N2O2/c1-16-9(15)2-6-5-14-7(4-13)3-8(6)10(11)12/h3,5,10H,2,4,13H2,1H3. The maximum Gasteiger partial charge on any atom is 0.310 e. The highest BCUT2D eigenvalue weighted by Crippen LogP contribution is 2.23. The Labute approximate surface area is 91.4 Å². The minimum atomic E-state index is -2.66. The van der Waals surface area contributed by atoms with Crippen molar-refractivity contribution >= 4 is 5.97 Å². The second-order valence-corrected chi connectivity index (χ2v) is 3.13. The Morgan fingerprint density at radius 2 is 2.31 bits per heavy atom. The van der Waals surface area contributed by atoms with Gasteiger partial charge in [-0.05, 0) is 11.6 Å². The molecule has 2 N–H and O–H groups in total. The zero-order valence-corrected chi connectivity index (χ0v) is 8.74. The van der Waals surface area contributed by atoms with Gasteiger partial charge in [-0.25, -0.2) is 8.78 Å². The van der Waals surface area contributed by atoms with Crippen molar-refractivity contribution in [1.29, 1.82) is 0 Å². The number of nitrogens with zero attached hydrogens (tertiary/aromatic N) is 1. The van der Waals surface area contributed by atoms with Crippen molar-refractivity contribution in [3.63, 3.8) is 0 Å². The summed E-state index contributed by atoms with van der Waals surface area (Å²) in [7, 11) is 1.20. The van der Waals surface area contributed by atoms with E-state index in [4.69, 9.17) is 5.73 Å². The molecule has 0 saturated heterocycles. The third-order valence-corrected chi connectivity index (χ3v) is 2.09. The molecule has 0 saturated carbocycles. The van der Waals surface area contributed by atoms with Crippen LogP contribution in [0.2, 0.25) is 0 Å². The predicted octanol–water partition coefficient (Wildman–Crippen LogP) is 1.19. The van der Waals surface area contributed by atoms with Gasteiger partial charge in [0.25, 0.3) is 6.43 Å². The number of hydrogen-bond acceptors (Lipinski definition) is 4. The van der Waals surface area contributed by atoms with Gasteiger partial charge in [-0.15, -0.1) is 0 Å². The number of esters is 1. The Morgan fingerprint density at radius 1 is 1.62 bits per heavy atom. The molecule has 0 aromatic carbocycles. The molecule has 0 unspecified atom stereocenters. The number of nitrogens with two attached hydrogens (primary N) is 1. The molecule has 0 bridgehead atoms. The van der Waals surface area contributed by atoms with Crippen molar-refractivity contribution in [2.24, 2.45) is 5.73 Å². The van der Waals surface area contributed by atoms with Crippen LogP contribution in [0.5, 0.6) is 0 Å². The predicted molar refractivity (Wildman–Crippen MR) is 52.8 cm³/mol. The number of carbonyl (C=O) groups is 1. The van der Waals surface area contributed by atoms with Gasteiger partial charge in [-0.3, -0.25) is 9.78 Å². The number of aromatic nitrogens is 1. The van der Waals surface area contributed by atoms with Crippen LogP contribution in [-0.2, 0) is 22.5 Å². The van der Waals surface area contributed by atoms with E-state index in [1.807, 2.05) is 0 Å². The third-order valence-electron chi connectivity index (χ3n) is 2.09. The molecule has 1 aromatic rings. The number of ether oxygens (including phenoxy) is 1. The van der Waals surface area contributed by atoms with Crippen LogP contribution in [0, 0.1) is 0 Å². The number of methoxy groups -OCH3 is 1. The van der Waals surface area contributed by atoms with E-state index in [0.717, 1.165) is 0 Å². The summed E-state index contributed by atoms with van der Waals surface area (Å²) in [6, 6.07) is 1.21. The van der Waals surface area contributed by atoms with Gasteiger partial charge in [0.1, 0.15) is 0 Å². The molecular formula is C10H12F2N2O2. The Hall–Kier alpha value is -1.56. The molecule has 4 nitrogen and oxygen atoms in total. The average Bonchev–Trinajstić information content (AvgIpc) is 2.29. The van der Waals surface area contributed by atoms with E-state index in [-0.39, 0.29) is 24.1 Å². The van der Waals surface area contributed by atoms with Crippen LogP contribution in [0.25, 0.3) is 0 Å². The van der Waals surface area contributed by atoms with Crippen molar-refractivity contribution in [2.75, 3.05) is 7.11 Å². The molecule has 0 aliphatic heterocycles. The number of pyridine rings is 1. The third kappa shape index (κ3) is 2.96. The van der Waals surface area contributed by atoms with Gasteiger partial charge in [-0.1, -0.05) is 0 Å². The molecule has 1 aromatic heterocycles. The van der Waals surface area contributed by atoms with Crippen LogP contribution in [0.4, 0.5) is 8.78 Å². The molecule has 0 amide bonds. The summed E-state index contributed by atoms with van der Waals surface area (Å²) < 4.78 is 29.8. The van der Waals surface area contributed by atoms with Crippen LogP contribution >= 0.6 is 0 Å². The van der Waals surface area contributed by atoms with Crippen molar-refractivity contribution in [3.05, 3.63) is 29.1 Å². The summed E-state index contributed by atoms with van der Waals surface area (Å²) in [5, 5.41) is 0. The highest BCUT2D eigenvalue weighted by Gasteiger charge is 2.16. The topological polar surface area (TPSA) is 65.2 Å². The molecule has 0 fully saturated rings. The Balaban J connectivity index is 3.03. The largest absolute Gasteiger partial charge is 0.469 e. The number of carbonyl (C=O) groups excluding carboxylic acids is 1. The second kappa shape index (κ2) is 5.50. The van der Waals surface area contributed by atoms with Gasteiger partial charge in [0.05, 0.1) is 19.2 Å². The summed E-state index contributed by atoms with van der Waals surface area (Å²) in [5.74, 6) is -0.579. The summed E-state index contributed by atoms with van der Waals surface area (Å²) in [4.78, 5) is 14.9. The zero-order valence-electron chi connectivity index (χ0n) is 8.74. The van der Waals surface area contributed by atoms with E-state index in [0.29, 0.717) is 5.69 Å². The van der Waals surface area contributed by atoms with E-state index in [1.54, 1.807) is 0 Å². The molecule has 6 heteroatoms. The quantitative estimate of drug-likeness (QED) is 0.789. The van der Waals surface area contributed by atoms with Crippen molar-refractivity contribution in [1.82, 2.24) is 4.98 Å². The van der Waals surface area contributed by atoms with Gasteiger partial charge in [0, 0.05) is 18.3 Å². The van der Waals surface area contributed by atoms with E-state index in [9.17, 15) is 13.6 Å². The monoisotopic (exact) mass is 230 g/mol. The summed E-state index contributed by atoms with van der Waals surface area (Å²) in [6.07, 6.45) is -1.64. The van der Waals surface area contributed by atoms with E-state index in [1.165, 1.54) is 19.4 Å². The Bertz CT molecular complexity index is 383. The number of halogens is 2. The Morgan fingerprint density at radius 3 is 2.81 bits per heavy atom. The first kappa shape index (κ1) is 12.5. The lowest BCUT2D eigenvalue weighted by atomic mass is 10.1. The van der Waals surface area contributed by atoms with E-state index in [2.05, 4.69) is 9.72 Å². The van der Waals surface area contributed by atoms with Gasteiger partial charge >= 0.3 is 5.97 Å². The molecule has 0 atom stereocenters. The molecule has 1 heterocycles. The fraction of sp³-hybridized carbons (Fsp3) is 0.400. The summed E-state index contributed by atoms with van der Waals surface area (Å²) in [5.41, 5.74) is 5.61. The van der Waals surface area contributed by atoms with Crippen molar-refractivity contribution in [2.45, 2.75) is 19.4 Å². The summed E-state index contributed by atoms with van der Waals surface area (Å²) in [6.45, 7) is 0.0816. The molecule has 1 rings (SSSR count). The fourth-order valence-electron chi connectivity index (χ4n) is 1.23. The minimum Gasteiger partial charge on any atom is -0.469 e. The first-order valence-electron chi connectivity index (χ1n) is 4.61. The van der Waals surface area contributed by atoms with Crippen LogP contribution < -0.4 is 5.73 Å². The second-order valence-electron chi connectivity index (χ2n) is 3.13. The van der Waals surface area contributed by atoms with Gasteiger partial charge in [0.15, 0.2) is 0 Å². The van der Waals surface area contributed by atoms with Gasteiger partial charge in [0.2, 0.25) is 0 Å². The molecule has 0 aliphatic carbocycles. The average molecular weight is 230 g/mol. The first-order valence-corrected chi connectivity index (χ1v) is 4.61.